The Morgan fingerprint density at radius 1 is 1.17 bits per heavy atom. The van der Waals surface area contributed by atoms with E-state index in [4.69, 9.17) is 4.74 Å². The lowest BCUT2D eigenvalue weighted by Crippen LogP contribution is -2.45. The molecule has 3 aliphatic rings. The molecule has 8 heteroatoms. The van der Waals surface area contributed by atoms with E-state index in [2.05, 4.69) is 16.0 Å². The Kier molecular flexibility index (Phi) is 6.77. The van der Waals surface area contributed by atoms with Crippen LogP contribution >= 0.6 is 0 Å². The fourth-order valence-electron chi connectivity index (χ4n) is 5.17. The van der Waals surface area contributed by atoms with E-state index in [1.807, 2.05) is 0 Å². The molecule has 5 unspecified atom stereocenters. The van der Waals surface area contributed by atoms with Crippen LogP contribution in [0.1, 0.15) is 44.1 Å². The molecule has 1 aliphatic carbocycles. The highest BCUT2D eigenvalue weighted by atomic mass is 32.2. The molecule has 2 heterocycles. The maximum atomic E-state index is 13.1. The Labute approximate surface area is 179 Å². The number of nitrogens with one attached hydrogen (secondary N) is 3. The van der Waals surface area contributed by atoms with E-state index in [1.165, 1.54) is 0 Å². The molecule has 1 amide bonds. The monoisotopic (exact) mass is 435 g/mol. The molecule has 2 aliphatic heterocycles. The first-order chi connectivity index (χ1) is 14.5. The summed E-state index contributed by atoms with van der Waals surface area (Å²) >= 11 is 0. The molecule has 0 radical (unpaired) electrons. The maximum Gasteiger partial charge on any atom is 0.237 e. The summed E-state index contributed by atoms with van der Waals surface area (Å²) in [5, 5.41) is 9.37. The molecule has 30 heavy (non-hydrogen) atoms. The average Bonchev–Trinajstić information content (AvgIpc) is 3.22. The molecule has 7 nitrogen and oxygen atoms in total. The first kappa shape index (κ1) is 21.7. The topological polar surface area (TPSA) is 96.5 Å². The molecule has 1 saturated carbocycles. The normalized spacial score (nSPS) is 31.8. The van der Waals surface area contributed by atoms with Gasteiger partial charge in [-0.05, 0) is 62.4 Å². The van der Waals surface area contributed by atoms with Crippen LogP contribution in [0.5, 0.6) is 0 Å². The smallest absolute Gasteiger partial charge is 0.237 e. The van der Waals surface area contributed by atoms with Gasteiger partial charge in [-0.25, -0.2) is 8.42 Å². The number of ether oxygens (including phenoxy) is 1. The molecule has 2 saturated heterocycles. The van der Waals surface area contributed by atoms with Crippen molar-refractivity contribution in [2.45, 2.75) is 73.4 Å². The first-order valence-electron chi connectivity index (χ1n) is 11.1. The average molecular weight is 436 g/mol. The third kappa shape index (κ3) is 4.56. The summed E-state index contributed by atoms with van der Waals surface area (Å²) in [5.74, 6) is 0.543. The molecule has 0 spiro atoms. The van der Waals surface area contributed by atoms with E-state index < -0.39 is 15.1 Å². The number of rotatable bonds is 6. The highest BCUT2D eigenvalue weighted by molar-refractivity contribution is 7.92. The van der Waals surface area contributed by atoms with Gasteiger partial charge < -0.3 is 20.7 Å². The fraction of sp³-hybridized carbons (Fsp3) is 0.682. The Morgan fingerprint density at radius 3 is 2.67 bits per heavy atom. The molecular formula is C22H33N3O4S. The Balaban J connectivity index is 1.34. The summed E-state index contributed by atoms with van der Waals surface area (Å²) in [5.41, 5.74) is 0.895. The minimum Gasteiger partial charge on any atom is -0.380 e. The number of carbonyl (C=O) groups excluding carboxylic acids is 1. The van der Waals surface area contributed by atoms with Crippen molar-refractivity contribution in [1.29, 1.82) is 0 Å². The standard InChI is InChI=1S/C22H33N3O4S/c1-29-20-4-2-3-5-21(20)30(27,28)17-8-6-15(7-9-17)13-24-22(26)19-12-16-14-23-11-10-18(16)25-19/h6-9,16,18-21,23,25H,2-5,10-14H2,1H3,(H,24,26). The van der Waals surface area contributed by atoms with Crippen LogP contribution in [0, 0.1) is 5.92 Å². The number of fused-ring (bicyclic) bond motifs is 1. The van der Waals surface area contributed by atoms with Crippen molar-refractivity contribution in [3.05, 3.63) is 29.8 Å². The van der Waals surface area contributed by atoms with Crippen LogP contribution < -0.4 is 16.0 Å². The number of benzene rings is 1. The number of carbonyl (C=O) groups is 1. The number of methoxy groups -OCH3 is 1. The molecule has 1 aromatic carbocycles. The molecule has 4 rings (SSSR count). The van der Waals surface area contributed by atoms with Crippen LogP contribution in [-0.2, 0) is 25.9 Å². The molecule has 166 valence electrons. The van der Waals surface area contributed by atoms with E-state index in [1.54, 1.807) is 31.4 Å². The van der Waals surface area contributed by atoms with Crippen molar-refractivity contribution in [1.82, 2.24) is 16.0 Å². The summed E-state index contributed by atoms with van der Waals surface area (Å²) in [6.07, 6.45) is 5.05. The third-order valence-corrected chi connectivity index (χ3v) is 9.21. The van der Waals surface area contributed by atoms with Gasteiger partial charge in [0, 0.05) is 19.7 Å². The summed E-state index contributed by atoms with van der Waals surface area (Å²) in [4.78, 5) is 12.9. The highest BCUT2D eigenvalue weighted by Gasteiger charge is 2.38. The van der Waals surface area contributed by atoms with Crippen molar-refractivity contribution in [2.24, 2.45) is 5.92 Å². The lowest BCUT2D eigenvalue weighted by molar-refractivity contribution is -0.123. The predicted molar refractivity (Wildman–Crippen MR) is 115 cm³/mol. The van der Waals surface area contributed by atoms with E-state index >= 15 is 0 Å². The van der Waals surface area contributed by atoms with Gasteiger partial charge in [-0.15, -0.1) is 0 Å². The van der Waals surface area contributed by atoms with Crippen LogP contribution in [-0.4, -0.2) is 58.0 Å². The Morgan fingerprint density at radius 2 is 1.93 bits per heavy atom. The van der Waals surface area contributed by atoms with Crippen molar-refractivity contribution in [3.8, 4) is 0 Å². The second-order valence-corrected chi connectivity index (χ2v) is 11.0. The number of hydrogen-bond acceptors (Lipinski definition) is 6. The van der Waals surface area contributed by atoms with E-state index in [0.29, 0.717) is 29.8 Å². The van der Waals surface area contributed by atoms with Gasteiger partial charge in [-0.3, -0.25) is 4.79 Å². The lowest BCUT2D eigenvalue weighted by atomic mass is 9.94. The third-order valence-electron chi connectivity index (χ3n) is 6.94. The maximum absolute atomic E-state index is 13.1. The van der Waals surface area contributed by atoms with Crippen molar-refractivity contribution in [3.63, 3.8) is 0 Å². The van der Waals surface area contributed by atoms with Crippen LogP contribution in [0.3, 0.4) is 0 Å². The van der Waals surface area contributed by atoms with Gasteiger partial charge >= 0.3 is 0 Å². The molecule has 0 aromatic heterocycles. The van der Waals surface area contributed by atoms with Crippen LogP contribution in [0.4, 0.5) is 0 Å². The zero-order valence-corrected chi connectivity index (χ0v) is 18.4. The quantitative estimate of drug-likeness (QED) is 0.625. The number of piperidine rings is 1. The Hall–Kier alpha value is -1.48. The summed E-state index contributed by atoms with van der Waals surface area (Å²) in [6, 6.07) is 7.20. The van der Waals surface area contributed by atoms with Gasteiger partial charge in [-0.1, -0.05) is 25.0 Å². The van der Waals surface area contributed by atoms with Gasteiger partial charge in [0.2, 0.25) is 5.91 Å². The number of hydrogen-bond donors (Lipinski definition) is 3. The number of sulfone groups is 1. The van der Waals surface area contributed by atoms with E-state index in [9.17, 15) is 13.2 Å². The molecule has 3 fully saturated rings. The summed E-state index contributed by atoms with van der Waals surface area (Å²) < 4.78 is 31.6. The fourth-order valence-corrected chi connectivity index (χ4v) is 7.16. The minimum absolute atomic E-state index is 0.0197. The number of amides is 1. The van der Waals surface area contributed by atoms with Gasteiger partial charge in [0.15, 0.2) is 9.84 Å². The van der Waals surface area contributed by atoms with Gasteiger partial charge in [0.05, 0.1) is 22.3 Å². The largest absolute Gasteiger partial charge is 0.380 e. The molecule has 1 aromatic rings. The molecule has 5 atom stereocenters. The summed E-state index contributed by atoms with van der Waals surface area (Å²) in [6.45, 7) is 2.38. The van der Waals surface area contributed by atoms with Gasteiger partial charge in [0.1, 0.15) is 0 Å². The van der Waals surface area contributed by atoms with Gasteiger partial charge in [0.25, 0.3) is 0 Å². The summed E-state index contributed by atoms with van der Waals surface area (Å²) in [7, 11) is -1.83. The molecular weight excluding hydrogens is 402 g/mol. The Bertz CT molecular complexity index is 828. The van der Waals surface area contributed by atoms with Crippen molar-refractivity contribution in [2.75, 3.05) is 20.2 Å². The zero-order valence-electron chi connectivity index (χ0n) is 17.6. The zero-order chi connectivity index (χ0) is 21.1. The van der Waals surface area contributed by atoms with Crippen molar-refractivity contribution < 1.29 is 17.9 Å². The van der Waals surface area contributed by atoms with E-state index in [-0.39, 0.29) is 18.1 Å². The SMILES string of the molecule is COC1CCCCC1S(=O)(=O)c1ccc(CNC(=O)C2CC3CNCCC3N2)cc1. The minimum atomic E-state index is -3.42. The highest BCUT2D eigenvalue weighted by Crippen LogP contribution is 2.30. The second-order valence-electron chi connectivity index (χ2n) is 8.82. The lowest BCUT2D eigenvalue weighted by Gasteiger charge is -2.30. The van der Waals surface area contributed by atoms with Crippen LogP contribution in [0.25, 0.3) is 0 Å². The van der Waals surface area contributed by atoms with Gasteiger partial charge in [-0.2, -0.15) is 0 Å². The van der Waals surface area contributed by atoms with Crippen LogP contribution in [0.2, 0.25) is 0 Å². The van der Waals surface area contributed by atoms with E-state index in [0.717, 1.165) is 50.8 Å². The van der Waals surface area contributed by atoms with Crippen LogP contribution in [0.15, 0.2) is 29.2 Å². The predicted octanol–water partition coefficient (Wildman–Crippen LogP) is 1.37. The molecule has 3 N–H and O–H groups in total. The second kappa shape index (κ2) is 9.34. The first-order valence-corrected chi connectivity index (χ1v) is 12.6. The molecule has 0 bridgehead atoms. The van der Waals surface area contributed by atoms with Crippen molar-refractivity contribution >= 4 is 15.7 Å².